The lowest BCUT2D eigenvalue weighted by Crippen LogP contribution is -2.41. The van der Waals surface area contributed by atoms with Gasteiger partial charge in [-0.05, 0) is 31.4 Å². The van der Waals surface area contributed by atoms with Crippen molar-refractivity contribution in [2.45, 2.75) is 37.6 Å². The molecule has 0 spiro atoms. The van der Waals surface area contributed by atoms with Gasteiger partial charge in [-0.25, -0.2) is 15.0 Å². The molecule has 2 saturated heterocycles. The van der Waals surface area contributed by atoms with E-state index in [0.29, 0.717) is 42.0 Å². The molecule has 10 heteroatoms. The topological polar surface area (TPSA) is 134 Å². The van der Waals surface area contributed by atoms with Crippen molar-refractivity contribution in [2.75, 3.05) is 17.6 Å². The summed E-state index contributed by atoms with van der Waals surface area (Å²) in [5, 5.41) is 2.72. The number of nitrogens with zero attached hydrogens (tertiary/aromatic N) is 5. The molecule has 2 atom stereocenters. The van der Waals surface area contributed by atoms with E-state index in [0.717, 1.165) is 36.2 Å². The molecule has 0 bridgehead atoms. The summed E-state index contributed by atoms with van der Waals surface area (Å²) in [7, 11) is 0. The Labute approximate surface area is 195 Å². The van der Waals surface area contributed by atoms with Gasteiger partial charge < -0.3 is 15.6 Å². The fourth-order valence-corrected chi connectivity index (χ4v) is 5.15. The van der Waals surface area contributed by atoms with Crippen LogP contribution >= 0.6 is 0 Å². The van der Waals surface area contributed by atoms with Crippen molar-refractivity contribution in [3.63, 3.8) is 0 Å². The van der Waals surface area contributed by atoms with E-state index in [4.69, 9.17) is 10.7 Å². The summed E-state index contributed by atoms with van der Waals surface area (Å²) in [6.07, 6.45) is 10.3. The summed E-state index contributed by atoms with van der Waals surface area (Å²) in [6.45, 7) is 0.677. The summed E-state index contributed by atoms with van der Waals surface area (Å²) >= 11 is 0. The Morgan fingerprint density at radius 1 is 1.12 bits per heavy atom. The molecule has 2 aliphatic heterocycles. The molecular weight excluding hydrogens is 432 g/mol. The predicted octanol–water partition coefficient (Wildman–Crippen LogP) is 2.82. The van der Waals surface area contributed by atoms with E-state index in [-0.39, 0.29) is 17.7 Å². The number of aromatic nitrogens is 5. The molecule has 10 nitrogen and oxygen atoms in total. The first kappa shape index (κ1) is 20.4. The fourth-order valence-electron chi connectivity index (χ4n) is 5.15. The Balaban J connectivity index is 1.34. The molecule has 5 heterocycles. The zero-order valence-corrected chi connectivity index (χ0v) is 18.4. The smallest absolute Gasteiger partial charge is 0.257 e. The highest BCUT2D eigenvalue weighted by molar-refractivity contribution is 6.03. The van der Waals surface area contributed by atoms with Gasteiger partial charge in [0.05, 0.1) is 0 Å². The number of nitrogen functional groups attached to an aromatic ring is 1. The second-order valence-corrected chi connectivity index (χ2v) is 8.83. The van der Waals surface area contributed by atoms with Gasteiger partial charge in [-0.15, -0.1) is 0 Å². The molecule has 3 aromatic heterocycles. The van der Waals surface area contributed by atoms with E-state index in [1.54, 1.807) is 30.7 Å². The van der Waals surface area contributed by atoms with E-state index in [2.05, 4.69) is 20.3 Å². The third kappa shape index (κ3) is 3.38. The highest BCUT2D eigenvalue weighted by Crippen LogP contribution is 2.38. The molecule has 1 aromatic carbocycles. The van der Waals surface area contributed by atoms with Gasteiger partial charge in [0.1, 0.15) is 22.9 Å². The highest BCUT2D eigenvalue weighted by atomic mass is 16.2. The number of aromatic amines is 1. The first-order valence-electron chi connectivity index (χ1n) is 11.4. The van der Waals surface area contributed by atoms with Crippen molar-refractivity contribution in [1.82, 2.24) is 29.2 Å². The number of hydrogen-bond acceptors (Lipinski definition) is 6. The minimum atomic E-state index is -0.259. The second-order valence-electron chi connectivity index (χ2n) is 8.83. The van der Waals surface area contributed by atoms with Crippen molar-refractivity contribution in [2.24, 2.45) is 0 Å². The number of benzene rings is 1. The summed E-state index contributed by atoms with van der Waals surface area (Å²) < 4.78 is 2.00. The van der Waals surface area contributed by atoms with Gasteiger partial charge in [0.25, 0.3) is 5.91 Å². The van der Waals surface area contributed by atoms with Gasteiger partial charge in [-0.2, -0.15) is 0 Å². The fraction of sp³-hybridized carbons (Fsp3) is 0.292. The molecule has 2 amide bonds. The molecule has 172 valence electrons. The summed E-state index contributed by atoms with van der Waals surface area (Å²) in [4.78, 5) is 43.0. The standard InChI is InChI=1S/C24H24N8O2/c25-21-20-19(14-1-3-15(4-2-14)23(34)30-24-27-9-10-28-24)29-22(31(20)12-11-26-21)16-5-6-17-7-8-18(33)32(17)13-16/h1-4,9-12,16-17H,5-8,13H2,(H2,25,26)(H2,27,28,30,34)/t16-,17+/m1/s1. The Morgan fingerprint density at radius 2 is 1.97 bits per heavy atom. The number of nitrogens with one attached hydrogen (secondary N) is 2. The van der Waals surface area contributed by atoms with Crippen LogP contribution in [0.3, 0.4) is 0 Å². The average molecular weight is 457 g/mol. The predicted molar refractivity (Wildman–Crippen MR) is 126 cm³/mol. The van der Waals surface area contributed by atoms with Gasteiger partial charge in [-0.1, -0.05) is 12.1 Å². The molecule has 4 N–H and O–H groups in total. The normalized spacial score (nSPS) is 20.0. The number of carbonyl (C=O) groups excluding carboxylic acids is 2. The van der Waals surface area contributed by atoms with Crippen LogP contribution in [0.1, 0.15) is 47.8 Å². The maximum Gasteiger partial charge on any atom is 0.257 e. The van der Waals surface area contributed by atoms with Crippen LogP contribution in [0.15, 0.2) is 49.1 Å². The number of piperidine rings is 1. The van der Waals surface area contributed by atoms with Crippen LogP contribution in [0, 0.1) is 0 Å². The van der Waals surface area contributed by atoms with Crippen LogP contribution in [0.4, 0.5) is 11.8 Å². The molecule has 2 aliphatic rings. The van der Waals surface area contributed by atoms with Crippen LogP contribution in [0.5, 0.6) is 0 Å². The third-order valence-electron chi connectivity index (χ3n) is 6.84. The minimum absolute atomic E-state index is 0.125. The SMILES string of the molecule is Nc1nccn2c([C@@H]3CC[C@H]4CCC(=O)N4C3)nc(-c3ccc(C(=O)Nc4ncc[nH]4)cc3)c12. The van der Waals surface area contributed by atoms with E-state index < -0.39 is 0 Å². The Morgan fingerprint density at radius 3 is 2.76 bits per heavy atom. The quantitative estimate of drug-likeness (QED) is 0.432. The number of carbonyl (C=O) groups is 2. The molecule has 0 aliphatic carbocycles. The van der Waals surface area contributed by atoms with Crippen LogP contribution in [-0.2, 0) is 4.79 Å². The Kier molecular flexibility index (Phi) is 4.79. The zero-order chi connectivity index (χ0) is 23.2. The monoisotopic (exact) mass is 456 g/mol. The average Bonchev–Trinajstić information content (AvgIpc) is 3.59. The molecule has 4 aromatic rings. The van der Waals surface area contributed by atoms with Crippen LogP contribution in [0.25, 0.3) is 16.8 Å². The maximum atomic E-state index is 12.5. The van der Waals surface area contributed by atoms with E-state index in [9.17, 15) is 9.59 Å². The number of fused-ring (bicyclic) bond motifs is 2. The Hall–Kier alpha value is -4.21. The molecule has 34 heavy (non-hydrogen) atoms. The first-order valence-corrected chi connectivity index (χ1v) is 11.4. The largest absolute Gasteiger partial charge is 0.382 e. The molecule has 2 fully saturated rings. The number of hydrogen-bond donors (Lipinski definition) is 3. The van der Waals surface area contributed by atoms with E-state index in [1.165, 1.54) is 0 Å². The molecular formula is C24H24N8O2. The van der Waals surface area contributed by atoms with Gasteiger partial charge in [0, 0.05) is 60.8 Å². The minimum Gasteiger partial charge on any atom is -0.382 e. The molecule has 0 unspecified atom stereocenters. The van der Waals surface area contributed by atoms with Gasteiger partial charge in [-0.3, -0.25) is 19.3 Å². The van der Waals surface area contributed by atoms with Crippen molar-refractivity contribution >= 4 is 29.1 Å². The van der Waals surface area contributed by atoms with E-state index >= 15 is 0 Å². The lowest BCUT2D eigenvalue weighted by atomic mass is 9.92. The molecule has 0 saturated carbocycles. The lowest BCUT2D eigenvalue weighted by molar-refractivity contribution is -0.130. The third-order valence-corrected chi connectivity index (χ3v) is 6.84. The summed E-state index contributed by atoms with van der Waals surface area (Å²) in [6, 6.07) is 7.58. The number of imidazole rings is 2. The van der Waals surface area contributed by atoms with Crippen LogP contribution in [0.2, 0.25) is 0 Å². The number of anilines is 2. The van der Waals surface area contributed by atoms with Crippen molar-refractivity contribution in [1.29, 1.82) is 0 Å². The van der Waals surface area contributed by atoms with E-state index in [1.807, 2.05) is 27.6 Å². The first-order chi connectivity index (χ1) is 16.6. The highest BCUT2D eigenvalue weighted by Gasteiger charge is 2.38. The lowest BCUT2D eigenvalue weighted by Gasteiger charge is -2.34. The summed E-state index contributed by atoms with van der Waals surface area (Å²) in [5.41, 5.74) is 9.08. The number of amides is 2. The number of H-pyrrole nitrogens is 1. The van der Waals surface area contributed by atoms with Gasteiger partial charge in [0.15, 0.2) is 0 Å². The maximum absolute atomic E-state index is 12.5. The van der Waals surface area contributed by atoms with Gasteiger partial charge >= 0.3 is 0 Å². The van der Waals surface area contributed by atoms with Crippen LogP contribution < -0.4 is 11.1 Å². The zero-order valence-electron chi connectivity index (χ0n) is 18.4. The molecule has 6 rings (SSSR count). The Bertz CT molecular complexity index is 1380. The van der Waals surface area contributed by atoms with Crippen LogP contribution in [-0.4, -0.2) is 53.6 Å². The van der Waals surface area contributed by atoms with Crippen molar-refractivity contribution in [3.8, 4) is 11.3 Å². The van der Waals surface area contributed by atoms with Gasteiger partial charge in [0.2, 0.25) is 11.9 Å². The molecule has 0 radical (unpaired) electrons. The van der Waals surface area contributed by atoms with Crippen molar-refractivity contribution < 1.29 is 9.59 Å². The van der Waals surface area contributed by atoms with Crippen molar-refractivity contribution in [3.05, 3.63) is 60.4 Å². The summed E-state index contributed by atoms with van der Waals surface area (Å²) in [5.74, 6) is 1.77. The number of rotatable bonds is 4. The second kappa shape index (κ2) is 7.98. The number of nitrogens with two attached hydrogens (primary N) is 1.